The van der Waals surface area contributed by atoms with Crippen LogP contribution in [0.4, 0.5) is 5.69 Å². The van der Waals surface area contributed by atoms with Crippen molar-refractivity contribution >= 4 is 23.2 Å². The van der Waals surface area contributed by atoms with E-state index in [1.807, 2.05) is 85.8 Å². The molecule has 0 bridgehead atoms. The number of hydrogen-bond acceptors (Lipinski definition) is 4. The predicted molar refractivity (Wildman–Crippen MR) is 106 cm³/mol. The summed E-state index contributed by atoms with van der Waals surface area (Å²) in [4.78, 5) is 14.5. The number of allylic oxidation sites excluding steroid dienone is 2. The highest BCUT2D eigenvalue weighted by molar-refractivity contribution is 8.04. The van der Waals surface area contributed by atoms with E-state index in [-0.39, 0.29) is 5.78 Å². The Balaban J connectivity index is 1.60. The number of para-hydroxylation sites is 1. The topological polar surface area (TPSA) is 38.3 Å². The summed E-state index contributed by atoms with van der Waals surface area (Å²) < 4.78 is 5.91. The van der Waals surface area contributed by atoms with Crippen LogP contribution in [0.25, 0.3) is 0 Å². The second kappa shape index (κ2) is 7.10. The van der Waals surface area contributed by atoms with Gasteiger partial charge in [0.1, 0.15) is 11.5 Å². The molecule has 1 heterocycles. The van der Waals surface area contributed by atoms with Gasteiger partial charge in [-0.2, -0.15) is 0 Å². The second-order valence-corrected chi connectivity index (χ2v) is 7.00. The average molecular weight is 359 g/mol. The number of fused-ring (bicyclic) bond motifs is 1. The molecular formula is C22H17NO2S. The summed E-state index contributed by atoms with van der Waals surface area (Å²) in [5.74, 6) is 1.56. The molecule has 4 rings (SSSR count). The number of Topliss-reactive ketones (excluding diaryl/α,β-unsaturated/α-hetero) is 1. The maximum absolute atomic E-state index is 12.8. The summed E-state index contributed by atoms with van der Waals surface area (Å²) >= 11 is 1.48. The minimum absolute atomic E-state index is 0.0284. The molecule has 0 spiro atoms. The van der Waals surface area contributed by atoms with Gasteiger partial charge in [0.15, 0.2) is 0 Å². The van der Waals surface area contributed by atoms with Crippen LogP contribution >= 0.6 is 11.8 Å². The molecule has 0 aromatic heterocycles. The molecule has 0 aliphatic carbocycles. The molecule has 0 saturated heterocycles. The summed E-state index contributed by atoms with van der Waals surface area (Å²) in [6, 6.07) is 24.9. The predicted octanol–water partition coefficient (Wildman–Crippen LogP) is 6.11. The molecule has 1 aliphatic heterocycles. The van der Waals surface area contributed by atoms with Crippen LogP contribution in [0, 0.1) is 0 Å². The lowest BCUT2D eigenvalue weighted by Crippen LogP contribution is -2.12. The number of thioether (sulfide) groups is 1. The number of hydrogen-bond donors (Lipinski definition) is 1. The van der Waals surface area contributed by atoms with Crippen molar-refractivity contribution in [1.29, 1.82) is 0 Å². The molecule has 128 valence electrons. The smallest absolute Gasteiger partial charge is 0.201 e. The van der Waals surface area contributed by atoms with Crippen molar-refractivity contribution < 1.29 is 9.53 Å². The molecule has 4 heteroatoms. The summed E-state index contributed by atoms with van der Waals surface area (Å²) in [5.41, 5.74) is 2.54. The number of carbonyl (C=O) groups excluding carboxylic acids is 1. The Morgan fingerprint density at radius 3 is 2.31 bits per heavy atom. The average Bonchev–Trinajstić information content (AvgIpc) is 2.69. The van der Waals surface area contributed by atoms with E-state index in [9.17, 15) is 4.79 Å². The van der Waals surface area contributed by atoms with E-state index >= 15 is 0 Å². The van der Waals surface area contributed by atoms with E-state index in [0.717, 1.165) is 27.8 Å². The van der Waals surface area contributed by atoms with Crippen LogP contribution in [0.1, 0.15) is 17.3 Å². The van der Waals surface area contributed by atoms with Crippen molar-refractivity contribution in [3.05, 3.63) is 95.0 Å². The molecule has 0 unspecified atom stereocenters. The maximum atomic E-state index is 12.8. The van der Waals surface area contributed by atoms with Gasteiger partial charge in [-0.3, -0.25) is 4.79 Å². The number of anilines is 1. The normalized spacial score (nSPS) is 13.0. The highest BCUT2D eigenvalue weighted by Gasteiger charge is 2.23. The second-order valence-electron chi connectivity index (χ2n) is 5.95. The third-order valence-corrected chi connectivity index (χ3v) is 5.30. The fourth-order valence-corrected chi connectivity index (χ4v) is 3.80. The lowest BCUT2D eigenvalue weighted by atomic mass is 10.1. The lowest BCUT2D eigenvalue weighted by Gasteiger charge is -2.22. The van der Waals surface area contributed by atoms with Gasteiger partial charge in [-0.05, 0) is 37.3 Å². The maximum Gasteiger partial charge on any atom is 0.201 e. The van der Waals surface area contributed by atoms with Gasteiger partial charge in [0.25, 0.3) is 0 Å². The molecule has 3 aromatic rings. The summed E-state index contributed by atoms with van der Waals surface area (Å²) in [6.07, 6.45) is 0. The molecule has 0 saturated carbocycles. The molecule has 26 heavy (non-hydrogen) atoms. The van der Waals surface area contributed by atoms with Gasteiger partial charge in [0.2, 0.25) is 5.78 Å². The largest absolute Gasteiger partial charge is 0.457 e. The van der Waals surface area contributed by atoms with Crippen LogP contribution in [0.2, 0.25) is 0 Å². The van der Waals surface area contributed by atoms with Crippen molar-refractivity contribution in [3.8, 4) is 11.5 Å². The summed E-state index contributed by atoms with van der Waals surface area (Å²) in [5, 5.41) is 3.33. The number of nitrogens with one attached hydrogen (secondary N) is 1. The molecule has 0 atom stereocenters. The zero-order valence-electron chi connectivity index (χ0n) is 14.2. The van der Waals surface area contributed by atoms with E-state index in [4.69, 9.17) is 4.74 Å². The van der Waals surface area contributed by atoms with E-state index in [2.05, 4.69) is 5.32 Å². The van der Waals surface area contributed by atoms with E-state index in [1.54, 1.807) is 0 Å². The molecule has 0 radical (unpaired) electrons. The van der Waals surface area contributed by atoms with Crippen molar-refractivity contribution in [3.63, 3.8) is 0 Å². The summed E-state index contributed by atoms with van der Waals surface area (Å²) in [7, 11) is 0. The number of benzene rings is 3. The number of ether oxygens (including phenoxy) is 1. The van der Waals surface area contributed by atoms with E-state index in [0.29, 0.717) is 10.5 Å². The molecule has 3 nitrogen and oxygen atoms in total. The van der Waals surface area contributed by atoms with E-state index < -0.39 is 0 Å². The number of rotatable bonds is 4. The fraction of sp³-hybridized carbons (Fsp3) is 0.0455. The highest BCUT2D eigenvalue weighted by atomic mass is 32.2. The first-order valence-corrected chi connectivity index (χ1v) is 9.15. The van der Waals surface area contributed by atoms with Gasteiger partial charge in [0.05, 0.1) is 10.6 Å². The highest BCUT2D eigenvalue weighted by Crippen LogP contribution is 2.43. The zero-order chi connectivity index (χ0) is 17.9. The first-order chi connectivity index (χ1) is 12.7. The molecule has 0 fully saturated rings. The fourth-order valence-electron chi connectivity index (χ4n) is 2.76. The number of ketones is 1. The van der Waals surface area contributed by atoms with Gasteiger partial charge in [0, 0.05) is 16.2 Å². The molecule has 1 aliphatic rings. The minimum atomic E-state index is 0.0284. The SMILES string of the molecule is CC1=C(C(=O)c2ccccc2)Sc2cc(Oc3ccccc3)ccc2N1. The Labute approximate surface area is 156 Å². The Hall–Kier alpha value is -2.98. The molecular weight excluding hydrogens is 342 g/mol. The van der Waals surface area contributed by atoms with Crippen LogP contribution in [-0.4, -0.2) is 5.78 Å². The van der Waals surface area contributed by atoms with Gasteiger partial charge < -0.3 is 10.1 Å². The van der Waals surface area contributed by atoms with Crippen molar-refractivity contribution in [1.82, 2.24) is 0 Å². The first kappa shape index (κ1) is 16.5. The Bertz CT molecular complexity index is 982. The van der Waals surface area contributed by atoms with Crippen LogP contribution in [-0.2, 0) is 0 Å². The van der Waals surface area contributed by atoms with Crippen LogP contribution < -0.4 is 10.1 Å². The standard InChI is InChI=1S/C22H17NO2S/c1-15-22(21(24)16-8-4-2-5-9-16)26-20-14-18(12-13-19(20)23-15)25-17-10-6-3-7-11-17/h2-14,23H,1H3. The van der Waals surface area contributed by atoms with Crippen molar-refractivity contribution in [2.75, 3.05) is 5.32 Å². The van der Waals surface area contributed by atoms with Crippen LogP contribution in [0.5, 0.6) is 11.5 Å². The Kier molecular flexibility index (Phi) is 4.50. The quantitative estimate of drug-likeness (QED) is 0.570. The van der Waals surface area contributed by atoms with Crippen LogP contribution in [0.15, 0.2) is 94.4 Å². The van der Waals surface area contributed by atoms with Gasteiger partial charge in [-0.25, -0.2) is 0 Å². The van der Waals surface area contributed by atoms with Gasteiger partial charge in [-0.15, -0.1) is 0 Å². The van der Waals surface area contributed by atoms with E-state index in [1.165, 1.54) is 11.8 Å². The number of carbonyl (C=O) groups is 1. The minimum Gasteiger partial charge on any atom is -0.457 e. The van der Waals surface area contributed by atoms with Crippen molar-refractivity contribution in [2.45, 2.75) is 11.8 Å². The lowest BCUT2D eigenvalue weighted by molar-refractivity contribution is 0.104. The van der Waals surface area contributed by atoms with Gasteiger partial charge >= 0.3 is 0 Å². The van der Waals surface area contributed by atoms with Gasteiger partial charge in [-0.1, -0.05) is 60.3 Å². The third kappa shape index (κ3) is 3.37. The molecule has 1 N–H and O–H groups in total. The van der Waals surface area contributed by atoms with Crippen molar-refractivity contribution in [2.24, 2.45) is 0 Å². The monoisotopic (exact) mass is 359 g/mol. The Morgan fingerprint density at radius 2 is 1.58 bits per heavy atom. The Morgan fingerprint density at radius 1 is 0.885 bits per heavy atom. The molecule has 3 aromatic carbocycles. The molecule has 0 amide bonds. The zero-order valence-corrected chi connectivity index (χ0v) is 15.0. The first-order valence-electron chi connectivity index (χ1n) is 8.33. The third-order valence-electron chi connectivity index (χ3n) is 4.05. The summed E-state index contributed by atoms with van der Waals surface area (Å²) in [6.45, 7) is 1.93. The van der Waals surface area contributed by atoms with Crippen LogP contribution in [0.3, 0.4) is 0 Å².